The van der Waals surface area contributed by atoms with Gasteiger partial charge >= 0.3 is 0 Å². The highest BCUT2D eigenvalue weighted by Gasteiger charge is 2.32. The largest absolute Gasteiger partial charge is 0.354 e. The third-order valence-electron chi connectivity index (χ3n) is 5.84. The Balaban J connectivity index is 1.98. The van der Waals surface area contributed by atoms with Gasteiger partial charge in [-0.05, 0) is 66.9 Å². The summed E-state index contributed by atoms with van der Waals surface area (Å²) < 4.78 is 42.7. The van der Waals surface area contributed by atoms with E-state index in [0.717, 1.165) is 26.5 Å². The van der Waals surface area contributed by atoms with Crippen LogP contribution in [0.1, 0.15) is 26.3 Å². The van der Waals surface area contributed by atoms with Crippen LogP contribution < -0.4 is 9.62 Å². The molecule has 1 N–H and O–H groups in total. The minimum atomic E-state index is -4.18. The molecule has 3 aromatic rings. The number of carbonyl (C=O) groups is 2. The quantitative estimate of drug-likeness (QED) is 0.335. The molecule has 0 spiro atoms. The normalized spacial score (nSPS) is 12.2. The number of hydrogen-bond acceptors (Lipinski definition) is 4. The van der Waals surface area contributed by atoms with E-state index in [0.29, 0.717) is 6.54 Å². The van der Waals surface area contributed by atoms with E-state index in [1.165, 1.54) is 29.2 Å². The van der Waals surface area contributed by atoms with Gasteiger partial charge in [0.25, 0.3) is 10.0 Å². The third-order valence-corrected chi connectivity index (χ3v) is 8.16. The summed E-state index contributed by atoms with van der Waals surface area (Å²) >= 11 is 3.39. The van der Waals surface area contributed by atoms with Crippen molar-refractivity contribution in [3.05, 3.63) is 94.7 Å². The summed E-state index contributed by atoms with van der Waals surface area (Å²) in [4.78, 5) is 28.1. The van der Waals surface area contributed by atoms with Crippen molar-refractivity contribution in [2.24, 2.45) is 5.92 Å². The monoisotopic (exact) mass is 603 g/mol. The summed E-state index contributed by atoms with van der Waals surface area (Å²) in [6.45, 7) is 5.48. The van der Waals surface area contributed by atoms with Crippen LogP contribution in [0.4, 0.5) is 10.1 Å². The van der Waals surface area contributed by atoms with Crippen molar-refractivity contribution in [2.75, 3.05) is 17.4 Å². The van der Waals surface area contributed by atoms with Gasteiger partial charge in [0, 0.05) is 17.6 Å². The lowest BCUT2D eigenvalue weighted by Crippen LogP contribution is -2.51. The third kappa shape index (κ3) is 7.64. The summed E-state index contributed by atoms with van der Waals surface area (Å²) in [5, 5.41) is 2.85. The Hall–Kier alpha value is -3.24. The SMILES string of the molecule is CC(C)CNC(=O)C(C)N(Cc1ccc(Br)cc1)C(=O)CN(c1ccc(F)cc1)S(=O)(=O)c1ccccc1. The molecular weight excluding hydrogens is 573 g/mol. The highest BCUT2D eigenvalue weighted by atomic mass is 79.9. The average molecular weight is 605 g/mol. The van der Waals surface area contributed by atoms with Gasteiger partial charge in [-0.15, -0.1) is 0 Å². The molecule has 0 radical (unpaired) electrons. The predicted molar refractivity (Wildman–Crippen MR) is 149 cm³/mol. The first-order valence-corrected chi connectivity index (χ1v) is 14.4. The Kier molecular flexibility index (Phi) is 10.0. The summed E-state index contributed by atoms with van der Waals surface area (Å²) in [5.74, 6) is -1.25. The first-order valence-electron chi connectivity index (χ1n) is 12.1. The number of nitrogens with one attached hydrogen (secondary N) is 1. The molecule has 7 nitrogen and oxygen atoms in total. The van der Waals surface area contributed by atoms with Crippen molar-refractivity contribution in [3.63, 3.8) is 0 Å². The van der Waals surface area contributed by atoms with E-state index in [2.05, 4.69) is 21.2 Å². The minimum Gasteiger partial charge on any atom is -0.354 e. The number of halogens is 2. The van der Waals surface area contributed by atoms with E-state index in [1.54, 1.807) is 25.1 Å². The standard InChI is InChI=1S/C28H31BrFN3O4S/c1-20(2)17-31-28(35)21(3)32(18-22-9-11-23(29)12-10-22)27(34)19-33(25-15-13-24(30)14-16-25)38(36,37)26-7-5-4-6-8-26/h4-16,20-21H,17-19H2,1-3H3,(H,31,35). The molecule has 0 saturated heterocycles. The van der Waals surface area contributed by atoms with Gasteiger partial charge in [-0.25, -0.2) is 12.8 Å². The summed E-state index contributed by atoms with van der Waals surface area (Å²) in [5.41, 5.74) is 0.897. The molecule has 0 fully saturated rings. The van der Waals surface area contributed by atoms with Crippen molar-refractivity contribution >= 4 is 43.5 Å². The van der Waals surface area contributed by atoms with Gasteiger partial charge in [0.15, 0.2) is 0 Å². The number of nitrogens with zero attached hydrogens (tertiary/aromatic N) is 2. The van der Waals surface area contributed by atoms with Crippen molar-refractivity contribution in [1.82, 2.24) is 10.2 Å². The van der Waals surface area contributed by atoms with Crippen molar-refractivity contribution in [3.8, 4) is 0 Å². The lowest BCUT2D eigenvalue weighted by atomic mass is 10.1. The van der Waals surface area contributed by atoms with Crippen LogP contribution in [0.2, 0.25) is 0 Å². The predicted octanol–water partition coefficient (Wildman–Crippen LogP) is 4.97. The molecule has 10 heteroatoms. The second kappa shape index (κ2) is 13.0. The van der Waals surface area contributed by atoms with Gasteiger partial charge in [-0.1, -0.05) is 60.1 Å². The zero-order valence-corrected chi connectivity index (χ0v) is 23.9. The zero-order valence-electron chi connectivity index (χ0n) is 21.5. The molecule has 2 amide bonds. The van der Waals surface area contributed by atoms with E-state index in [4.69, 9.17) is 0 Å². The van der Waals surface area contributed by atoms with Gasteiger partial charge in [0.1, 0.15) is 18.4 Å². The van der Waals surface area contributed by atoms with Crippen molar-refractivity contribution < 1.29 is 22.4 Å². The lowest BCUT2D eigenvalue weighted by molar-refractivity contribution is -0.139. The number of amides is 2. The number of carbonyl (C=O) groups excluding carboxylic acids is 2. The molecule has 0 aromatic heterocycles. The molecule has 202 valence electrons. The van der Waals surface area contributed by atoms with Crippen LogP contribution in [-0.2, 0) is 26.2 Å². The molecule has 1 unspecified atom stereocenters. The van der Waals surface area contributed by atoms with Crippen LogP contribution >= 0.6 is 15.9 Å². The maximum atomic E-state index is 13.8. The van der Waals surface area contributed by atoms with Crippen LogP contribution in [-0.4, -0.2) is 44.3 Å². The van der Waals surface area contributed by atoms with Crippen molar-refractivity contribution in [1.29, 1.82) is 0 Å². The fourth-order valence-electron chi connectivity index (χ4n) is 3.68. The van der Waals surface area contributed by atoms with Gasteiger partial charge in [0.2, 0.25) is 11.8 Å². The smallest absolute Gasteiger partial charge is 0.264 e. The van der Waals surface area contributed by atoms with Crippen molar-refractivity contribution in [2.45, 2.75) is 38.3 Å². The molecule has 0 aliphatic carbocycles. The summed E-state index contributed by atoms with van der Waals surface area (Å²) in [7, 11) is -4.18. The fraction of sp³-hybridized carbons (Fsp3) is 0.286. The van der Waals surface area contributed by atoms with E-state index in [1.807, 2.05) is 38.1 Å². The maximum absolute atomic E-state index is 13.8. The first-order chi connectivity index (χ1) is 18.0. The van der Waals surface area contributed by atoms with E-state index >= 15 is 0 Å². The fourth-order valence-corrected chi connectivity index (χ4v) is 5.38. The zero-order chi connectivity index (χ0) is 27.9. The topological polar surface area (TPSA) is 86.8 Å². The molecule has 3 aromatic carbocycles. The van der Waals surface area contributed by atoms with E-state index < -0.39 is 34.3 Å². The number of benzene rings is 3. The lowest BCUT2D eigenvalue weighted by Gasteiger charge is -2.32. The summed E-state index contributed by atoms with van der Waals surface area (Å²) in [6.07, 6.45) is 0. The molecule has 3 rings (SSSR count). The van der Waals surface area contributed by atoms with Crippen LogP contribution in [0.5, 0.6) is 0 Å². The van der Waals surface area contributed by atoms with Gasteiger partial charge < -0.3 is 10.2 Å². The Labute approximate surface area is 231 Å². The highest BCUT2D eigenvalue weighted by Crippen LogP contribution is 2.25. The van der Waals surface area contributed by atoms with E-state index in [-0.39, 0.29) is 29.0 Å². The van der Waals surface area contributed by atoms with Gasteiger partial charge in [-0.3, -0.25) is 13.9 Å². The number of rotatable bonds is 11. The average Bonchev–Trinajstić information content (AvgIpc) is 2.90. The van der Waals surface area contributed by atoms with E-state index in [9.17, 15) is 22.4 Å². The Morgan fingerprint density at radius 3 is 2.11 bits per heavy atom. The molecule has 0 saturated carbocycles. The molecule has 1 atom stereocenters. The highest BCUT2D eigenvalue weighted by molar-refractivity contribution is 9.10. The second-order valence-corrected chi connectivity index (χ2v) is 12.0. The molecule has 0 bridgehead atoms. The van der Waals surface area contributed by atoms with Crippen LogP contribution in [0.3, 0.4) is 0 Å². The first kappa shape index (κ1) is 29.3. The minimum absolute atomic E-state index is 0.0145. The van der Waals surface area contributed by atoms with Crippen LogP contribution in [0.15, 0.2) is 88.2 Å². The Morgan fingerprint density at radius 1 is 0.921 bits per heavy atom. The van der Waals surface area contributed by atoms with Crippen LogP contribution in [0.25, 0.3) is 0 Å². The molecular formula is C28H31BrFN3O4S. The number of hydrogen-bond donors (Lipinski definition) is 1. The van der Waals surface area contributed by atoms with Gasteiger partial charge in [0.05, 0.1) is 10.6 Å². The molecule has 0 aliphatic rings. The molecule has 0 aliphatic heterocycles. The summed E-state index contributed by atoms with van der Waals surface area (Å²) in [6, 6.07) is 19.0. The molecule has 0 heterocycles. The Morgan fingerprint density at radius 2 is 1.53 bits per heavy atom. The molecule has 38 heavy (non-hydrogen) atoms. The maximum Gasteiger partial charge on any atom is 0.264 e. The second-order valence-electron chi connectivity index (χ2n) is 9.26. The van der Waals surface area contributed by atoms with Crippen LogP contribution in [0, 0.1) is 11.7 Å². The van der Waals surface area contributed by atoms with Gasteiger partial charge in [-0.2, -0.15) is 0 Å². The number of anilines is 1. The number of sulfonamides is 1. The Bertz CT molecular complexity index is 1330.